The minimum atomic E-state index is -0.622. The Labute approximate surface area is 133 Å². The summed E-state index contributed by atoms with van der Waals surface area (Å²) in [6.07, 6.45) is 3.65. The predicted molar refractivity (Wildman–Crippen MR) is 81.2 cm³/mol. The molecule has 7 nitrogen and oxygen atoms in total. The predicted octanol–water partition coefficient (Wildman–Crippen LogP) is 1.05. The molecule has 0 saturated heterocycles. The summed E-state index contributed by atoms with van der Waals surface area (Å²) >= 11 is 0. The Morgan fingerprint density at radius 3 is 2.57 bits per heavy atom. The highest BCUT2D eigenvalue weighted by Crippen LogP contribution is 2.14. The van der Waals surface area contributed by atoms with E-state index >= 15 is 0 Å². The Hall–Kier alpha value is -2.85. The van der Waals surface area contributed by atoms with Gasteiger partial charge in [0, 0.05) is 25.2 Å². The fourth-order valence-corrected chi connectivity index (χ4v) is 2.90. The largest absolute Gasteiger partial charge is 0.331 e. The van der Waals surface area contributed by atoms with Crippen LogP contribution >= 0.6 is 0 Å². The Morgan fingerprint density at radius 1 is 1.13 bits per heavy atom. The van der Waals surface area contributed by atoms with Crippen LogP contribution in [0.1, 0.15) is 43.4 Å². The minimum absolute atomic E-state index is 0.00322. The quantitative estimate of drug-likeness (QED) is 0.824. The second-order valence-electron chi connectivity index (χ2n) is 5.62. The van der Waals surface area contributed by atoms with Crippen molar-refractivity contribution in [2.75, 3.05) is 0 Å². The molecular formula is C16H17N5O2. The third-order valence-corrected chi connectivity index (χ3v) is 4.13. The van der Waals surface area contributed by atoms with E-state index in [-0.39, 0.29) is 18.5 Å². The lowest BCUT2D eigenvalue weighted by Gasteiger charge is -2.16. The second kappa shape index (κ2) is 7.42. The maximum atomic E-state index is 12.6. The van der Waals surface area contributed by atoms with Crippen LogP contribution in [0.15, 0.2) is 9.59 Å². The highest BCUT2D eigenvalue weighted by Gasteiger charge is 2.22. The number of nitrogens with zero attached hydrogens (tertiary/aromatic N) is 5. The Balaban J connectivity index is 2.53. The van der Waals surface area contributed by atoms with Gasteiger partial charge in [-0.05, 0) is 25.7 Å². The van der Waals surface area contributed by atoms with Gasteiger partial charge in [0.25, 0.3) is 5.56 Å². The van der Waals surface area contributed by atoms with Gasteiger partial charge in [0.05, 0.1) is 18.1 Å². The van der Waals surface area contributed by atoms with E-state index in [9.17, 15) is 14.9 Å². The summed E-state index contributed by atoms with van der Waals surface area (Å²) in [7, 11) is 0. The molecule has 23 heavy (non-hydrogen) atoms. The van der Waals surface area contributed by atoms with Gasteiger partial charge in [-0.25, -0.2) is 4.79 Å². The average Bonchev–Trinajstić information content (AvgIpc) is 2.81. The topological polar surface area (TPSA) is 115 Å². The normalized spacial score (nSPS) is 14.7. The van der Waals surface area contributed by atoms with Gasteiger partial charge >= 0.3 is 5.69 Å². The second-order valence-corrected chi connectivity index (χ2v) is 5.62. The molecule has 0 radical (unpaired) electrons. The summed E-state index contributed by atoms with van der Waals surface area (Å²) in [5, 5.41) is 27.1. The van der Waals surface area contributed by atoms with Crippen molar-refractivity contribution >= 4 is 0 Å². The van der Waals surface area contributed by atoms with E-state index in [2.05, 4.69) is 0 Å². The van der Waals surface area contributed by atoms with Crippen LogP contribution < -0.4 is 11.2 Å². The monoisotopic (exact) mass is 311 g/mol. The maximum Gasteiger partial charge on any atom is 0.331 e. The molecule has 7 heteroatoms. The van der Waals surface area contributed by atoms with Gasteiger partial charge < -0.3 is 0 Å². The van der Waals surface area contributed by atoms with Crippen LogP contribution in [0.25, 0.3) is 0 Å². The van der Waals surface area contributed by atoms with Gasteiger partial charge in [0.2, 0.25) is 0 Å². The summed E-state index contributed by atoms with van der Waals surface area (Å²) in [6, 6.07) is 5.91. The van der Waals surface area contributed by atoms with Crippen LogP contribution in [0.2, 0.25) is 0 Å². The first-order valence-corrected chi connectivity index (χ1v) is 7.67. The number of fused-ring (bicyclic) bond motifs is 1. The molecule has 0 spiro atoms. The molecule has 1 atom stereocenters. The van der Waals surface area contributed by atoms with Crippen molar-refractivity contribution in [1.29, 1.82) is 15.8 Å². The first-order valence-electron chi connectivity index (χ1n) is 7.67. The zero-order valence-corrected chi connectivity index (χ0v) is 12.8. The average molecular weight is 311 g/mol. The van der Waals surface area contributed by atoms with Gasteiger partial charge in [-0.3, -0.25) is 13.9 Å². The summed E-state index contributed by atoms with van der Waals surface area (Å²) in [4.78, 5) is 25.1. The van der Waals surface area contributed by atoms with Crippen LogP contribution in [-0.4, -0.2) is 9.13 Å². The molecule has 1 aromatic heterocycles. The minimum Gasteiger partial charge on any atom is -0.296 e. The number of aromatic nitrogens is 2. The lowest BCUT2D eigenvalue weighted by molar-refractivity contribution is 0.457. The fraction of sp³-hybridized carbons (Fsp3) is 0.562. The molecule has 2 heterocycles. The Morgan fingerprint density at radius 2 is 1.91 bits per heavy atom. The van der Waals surface area contributed by atoms with E-state index in [4.69, 9.17) is 10.5 Å². The van der Waals surface area contributed by atoms with Gasteiger partial charge in [-0.1, -0.05) is 6.42 Å². The molecule has 1 aliphatic heterocycles. The molecule has 2 rings (SSSR count). The molecule has 1 unspecified atom stereocenters. The molecule has 0 aliphatic carbocycles. The first kappa shape index (κ1) is 16.5. The van der Waals surface area contributed by atoms with Crippen LogP contribution in [0.5, 0.6) is 0 Å². The van der Waals surface area contributed by atoms with E-state index < -0.39 is 17.2 Å². The van der Waals surface area contributed by atoms with E-state index in [0.29, 0.717) is 25.1 Å². The molecule has 0 fully saturated rings. The smallest absolute Gasteiger partial charge is 0.296 e. The van der Waals surface area contributed by atoms with Crippen molar-refractivity contribution in [3.05, 3.63) is 32.1 Å². The van der Waals surface area contributed by atoms with Crippen LogP contribution in [0, 0.1) is 39.9 Å². The summed E-state index contributed by atoms with van der Waals surface area (Å²) in [6.45, 7) is 0.406. The number of nitriles is 3. The third kappa shape index (κ3) is 3.33. The van der Waals surface area contributed by atoms with Crippen LogP contribution in [0.3, 0.4) is 0 Å². The van der Waals surface area contributed by atoms with Crippen LogP contribution in [0.4, 0.5) is 0 Å². The zero-order valence-electron chi connectivity index (χ0n) is 12.8. The Bertz CT molecular complexity index is 829. The molecule has 0 N–H and O–H groups in total. The van der Waals surface area contributed by atoms with Crippen molar-refractivity contribution < 1.29 is 0 Å². The van der Waals surface area contributed by atoms with E-state index in [1.807, 2.05) is 18.2 Å². The first-order chi connectivity index (χ1) is 11.1. The molecule has 0 amide bonds. The van der Waals surface area contributed by atoms with Crippen molar-refractivity contribution in [2.24, 2.45) is 5.92 Å². The van der Waals surface area contributed by atoms with Crippen molar-refractivity contribution in [2.45, 2.75) is 51.6 Å². The standard InChI is InChI=1S/C16H17N5O2/c17-7-4-5-12(9-18)11-21-15(22)13(10-19)14-6-2-1-3-8-20(14)16(21)23/h12H,1-6,8,11H2. The van der Waals surface area contributed by atoms with E-state index in [0.717, 1.165) is 23.8 Å². The fourth-order valence-electron chi connectivity index (χ4n) is 2.90. The van der Waals surface area contributed by atoms with Gasteiger partial charge in [0.1, 0.15) is 11.6 Å². The number of rotatable bonds is 4. The lowest BCUT2D eigenvalue weighted by atomic mass is 10.1. The third-order valence-electron chi connectivity index (χ3n) is 4.13. The summed E-state index contributed by atoms with van der Waals surface area (Å²) in [5.74, 6) is -0.601. The van der Waals surface area contributed by atoms with E-state index in [1.54, 1.807) is 0 Å². The number of hydrogen-bond donors (Lipinski definition) is 0. The van der Waals surface area contributed by atoms with Gasteiger partial charge in [0.15, 0.2) is 0 Å². The van der Waals surface area contributed by atoms with Crippen molar-refractivity contribution in [3.63, 3.8) is 0 Å². The van der Waals surface area contributed by atoms with E-state index in [1.165, 1.54) is 4.57 Å². The highest BCUT2D eigenvalue weighted by atomic mass is 16.2. The molecular weight excluding hydrogens is 294 g/mol. The maximum absolute atomic E-state index is 12.6. The molecule has 118 valence electrons. The van der Waals surface area contributed by atoms with Crippen molar-refractivity contribution in [1.82, 2.24) is 9.13 Å². The molecule has 1 aromatic rings. The van der Waals surface area contributed by atoms with Crippen LogP contribution in [-0.2, 0) is 19.5 Å². The number of hydrogen-bond acceptors (Lipinski definition) is 5. The summed E-state index contributed by atoms with van der Waals surface area (Å²) < 4.78 is 2.49. The SMILES string of the molecule is N#CCCC(C#N)Cn1c(=O)c(C#N)c2n(c1=O)CCCCC2. The molecule has 0 bridgehead atoms. The van der Waals surface area contributed by atoms with Gasteiger partial charge in [-0.2, -0.15) is 15.8 Å². The molecule has 0 aromatic carbocycles. The Kier molecular flexibility index (Phi) is 5.33. The molecule has 1 aliphatic rings. The van der Waals surface area contributed by atoms with Crippen molar-refractivity contribution in [3.8, 4) is 18.2 Å². The summed E-state index contributed by atoms with van der Waals surface area (Å²) in [5.41, 5.74) is -0.559. The highest BCUT2D eigenvalue weighted by molar-refractivity contribution is 5.32. The lowest BCUT2D eigenvalue weighted by Crippen LogP contribution is -2.44. The molecule has 0 saturated carbocycles. The zero-order chi connectivity index (χ0) is 16.8. The van der Waals surface area contributed by atoms with Gasteiger partial charge in [-0.15, -0.1) is 0 Å².